The lowest BCUT2D eigenvalue weighted by molar-refractivity contribution is 0.251. The third kappa shape index (κ3) is 4.47. The number of nitrogens with one attached hydrogen (secondary N) is 3. The maximum atomic E-state index is 12.0. The summed E-state index contributed by atoms with van der Waals surface area (Å²) in [5, 5.41) is 17.2. The van der Waals surface area contributed by atoms with Gasteiger partial charge in [0.2, 0.25) is 10.0 Å². The van der Waals surface area contributed by atoms with E-state index in [4.69, 9.17) is 5.14 Å². The van der Waals surface area contributed by atoms with Crippen LogP contribution in [0.3, 0.4) is 0 Å². The molecule has 0 bridgehead atoms. The number of H-pyrrole nitrogens is 1. The van der Waals surface area contributed by atoms with Crippen molar-refractivity contribution in [3.05, 3.63) is 66.4 Å². The molecular formula is C17H17N5O3S. The Morgan fingerprint density at radius 3 is 2.54 bits per heavy atom. The van der Waals surface area contributed by atoms with Crippen LogP contribution in [0.15, 0.2) is 65.7 Å². The molecule has 0 aliphatic heterocycles. The van der Waals surface area contributed by atoms with Crippen LogP contribution in [0.2, 0.25) is 0 Å². The zero-order chi connectivity index (χ0) is 18.6. The van der Waals surface area contributed by atoms with Gasteiger partial charge in [0, 0.05) is 18.4 Å². The van der Waals surface area contributed by atoms with Crippen LogP contribution in [0.25, 0.3) is 11.3 Å². The minimum atomic E-state index is -3.82. The zero-order valence-electron chi connectivity index (χ0n) is 13.6. The lowest BCUT2D eigenvalue weighted by Gasteiger charge is -2.09. The van der Waals surface area contributed by atoms with Crippen LogP contribution in [0, 0.1) is 0 Å². The van der Waals surface area contributed by atoms with E-state index < -0.39 is 16.1 Å². The SMILES string of the molecule is NS(=O)(=O)c1cccc(NC(=O)NCc2ccc(-c3ccn[nH]3)cc2)c1. The molecule has 26 heavy (non-hydrogen) atoms. The van der Waals surface area contributed by atoms with Crippen molar-refractivity contribution in [1.82, 2.24) is 15.5 Å². The summed E-state index contributed by atoms with van der Waals surface area (Å²) >= 11 is 0. The van der Waals surface area contributed by atoms with Crippen LogP contribution in [0.1, 0.15) is 5.56 Å². The number of anilines is 1. The van der Waals surface area contributed by atoms with Crippen molar-refractivity contribution >= 4 is 21.7 Å². The van der Waals surface area contributed by atoms with Crippen molar-refractivity contribution in [3.8, 4) is 11.3 Å². The molecule has 0 spiro atoms. The number of benzene rings is 2. The quantitative estimate of drug-likeness (QED) is 0.547. The Hall–Kier alpha value is -3.17. The molecule has 1 aromatic heterocycles. The third-order valence-electron chi connectivity index (χ3n) is 3.64. The largest absolute Gasteiger partial charge is 0.334 e. The van der Waals surface area contributed by atoms with Crippen molar-refractivity contribution in [2.75, 3.05) is 5.32 Å². The Morgan fingerprint density at radius 1 is 1.12 bits per heavy atom. The first kappa shape index (κ1) is 17.6. The third-order valence-corrected chi connectivity index (χ3v) is 4.55. The number of aromatic nitrogens is 2. The van der Waals surface area contributed by atoms with Crippen LogP contribution >= 0.6 is 0 Å². The normalized spacial score (nSPS) is 11.1. The molecule has 1 heterocycles. The minimum absolute atomic E-state index is 0.0651. The number of hydrogen-bond donors (Lipinski definition) is 4. The van der Waals surface area contributed by atoms with Gasteiger partial charge in [-0.05, 0) is 35.4 Å². The Bertz CT molecular complexity index is 999. The summed E-state index contributed by atoms with van der Waals surface area (Å²) in [6, 6.07) is 14.8. The summed E-state index contributed by atoms with van der Waals surface area (Å²) in [4.78, 5) is 11.9. The van der Waals surface area contributed by atoms with Crippen molar-refractivity contribution in [3.63, 3.8) is 0 Å². The molecule has 2 aromatic carbocycles. The molecule has 134 valence electrons. The summed E-state index contributed by atoms with van der Waals surface area (Å²) in [7, 11) is -3.82. The monoisotopic (exact) mass is 371 g/mol. The average molecular weight is 371 g/mol. The first-order valence-corrected chi connectivity index (χ1v) is 9.23. The van der Waals surface area contributed by atoms with Crippen molar-refractivity contribution in [2.24, 2.45) is 5.14 Å². The number of hydrogen-bond acceptors (Lipinski definition) is 4. The Balaban J connectivity index is 1.57. The van der Waals surface area contributed by atoms with E-state index >= 15 is 0 Å². The molecule has 5 N–H and O–H groups in total. The number of aromatic amines is 1. The average Bonchev–Trinajstić information content (AvgIpc) is 3.14. The fourth-order valence-electron chi connectivity index (χ4n) is 2.33. The topological polar surface area (TPSA) is 130 Å². The molecule has 0 fully saturated rings. The molecule has 3 rings (SSSR count). The second-order valence-electron chi connectivity index (χ2n) is 5.55. The molecule has 0 unspecified atom stereocenters. The van der Waals surface area contributed by atoms with Gasteiger partial charge in [-0.3, -0.25) is 5.10 Å². The number of nitrogens with zero attached hydrogens (tertiary/aromatic N) is 1. The fourth-order valence-corrected chi connectivity index (χ4v) is 2.89. The zero-order valence-corrected chi connectivity index (χ0v) is 14.5. The van der Waals surface area contributed by atoms with Crippen molar-refractivity contribution in [1.29, 1.82) is 0 Å². The van der Waals surface area contributed by atoms with E-state index in [0.717, 1.165) is 16.8 Å². The van der Waals surface area contributed by atoms with E-state index in [9.17, 15) is 13.2 Å². The highest BCUT2D eigenvalue weighted by Gasteiger charge is 2.09. The molecule has 9 heteroatoms. The molecule has 0 saturated heterocycles. The van der Waals surface area contributed by atoms with Gasteiger partial charge in [-0.1, -0.05) is 30.3 Å². The van der Waals surface area contributed by atoms with Gasteiger partial charge >= 0.3 is 6.03 Å². The first-order chi connectivity index (χ1) is 12.4. The Kier molecular flexibility index (Phi) is 5.01. The van der Waals surface area contributed by atoms with Crippen LogP contribution in [0.5, 0.6) is 0 Å². The summed E-state index contributed by atoms with van der Waals surface area (Å²) in [5.41, 5.74) is 3.16. The highest BCUT2D eigenvalue weighted by Crippen LogP contribution is 2.17. The molecule has 0 radical (unpaired) electrons. The van der Waals surface area contributed by atoms with Crippen LogP contribution < -0.4 is 15.8 Å². The van der Waals surface area contributed by atoms with Crippen LogP contribution in [-0.2, 0) is 16.6 Å². The molecular weight excluding hydrogens is 354 g/mol. The maximum absolute atomic E-state index is 12.0. The number of carbonyl (C=O) groups excluding carboxylic acids is 1. The second kappa shape index (κ2) is 7.38. The van der Waals surface area contributed by atoms with E-state index in [-0.39, 0.29) is 4.90 Å². The predicted octanol–water partition coefficient (Wildman–Crippen LogP) is 2.05. The molecule has 0 atom stereocenters. The number of nitrogens with two attached hydrogens (primary N) is 1. The highest BCUT2D eigenvalue weighted by atomic mass is 32.2. The Labute approximate surface area is 150 Å². The predicted molar refractivity (Wildman–Crippen MR) is 97.7 cm³/mol. The minimum Gasteiger partial charge on any atom is -0.334 e. The van der Waals surface area contributed by atoms with Gasteiger partial charge in [0.1, 0.15) is 0 Å². The van der Waals surface area contributed by atoms with E-state index in [1.165, 1.54) is 18.2 Å². The molecule has 0 aliphatic carbocycles. The van der Waals surface area contributed by atoms with Crippen LogP contribution in [0.4, 0.5) is 10.5 Å². The first-order valence-electron chi connectivity index (χ1n) is 7.68. The molecule has 0 aliphatic rings. The maximum Gasteiger partial charge on any atom is 0.319 e. The van der Waals surface area contributed by atoms with Crippen molar-refractivity contribution < 1.29 is 13.2 Å². The summed E-state index contributed by atoms with van der Waals surface area (Å²) in [6.45, 7) is 0.323. The van der Waals surface area contributed by atoms with Gasteiger partial charge in [-0.15, -0.1) is 0 Å². The number of amides is 2. The van der Waals surface area contributed by atoms with Gasteiger partial charge in [0.05, 0.1) is 10.6 Å². The Morgan fingerprint density at radius 2 is 1.88 bits per heavy atom. The standard InChI is InChI=1S/C17H17N5O3S/c18-26(24,25)15-3-1-2-14(10-15)21-17(23)19-11-12-4-6-13(7-5-12)16-8-9-20-22-16/h1-10H,11H2,(H,20,22)(H2,18,24,25)(H2,19,21,23). The summed E-state index contributed by atoms with van der Waals surface area (Å²) in [6.07, 6.45) is 1.68. The molecule has 3 aromatic rings. The van der Waals surface area contributed by atoms with E-state index in [1.807, 2.05) is 30.3 Å². The van der Waals surface area contributed by atoms with Gasteiger partial charge in [0.25, 0.3) is 0 Å². The van der Waals surface area contributed by atoms with Gasteiger partial charge in [-0.25, -0.2) is 18.4 Å². The van der Waals surface area contributed by atoms with E-state index in [1.54, 1.807) is 12.3 Å². The lowest BCUT2D eigenvalue weighted by atomic mass is 10.1. The lowest BCUT2D eigenvalue weighted by Crippen LogP contribution is -2.28. The number of primary sulfonamides is 1. The fraction of sp³-hybridized carbons (Fsp3) is 0.0588. The van der Waals surface area contributed by atoms with E-state index in [2.05, 4.69) is 20.8 Å². The molecule has 0 saturated carbocycles. The van der Waals surface area contributed by atoms with Gasteiger partial charge in [-0.2, -0.15) is 5.10 Å². The number of rotatable bonds is 5. The molecule has 8 nitrogen and oxygen atoms in total. The second-order valence-corrected chi connectivity index (χ2v) is 7.11. The van der Waals surface area contributed by atoms with Gasteiger partial charge in [0.15, 0.2) is 0 Å². The smallest absolute Gasteiger partial charge is 0.319 e. The van der Waals surface area contributed by atoms with Crippen molar-refractivity contribution in [2.45, 2.75) is 11.4 Å². The van der Waals surface area contributed by atoms with E-state index in [0.29, 0.717) is 12.2 Å². The van der Waals surface area contributed by atoms with Crippen LogP contribution in [-0.4, -0.2) is 24.6 Å². The molecule has 2 amide bonds. The number of urea groups is 1. The number of carbonyl (C=O) groups is 1. The highest BCUT2D eigenvalue weighted by molar-refractivity contribution is 7.89. The van der Waals surface area contributed by atoms with Gasteiger partial charge < -0.3 is 10.6 Å². The summed E-state index contributed by atoms with van der Waals surface area (Å²) < 4.78 is 22.7. The summed E-state index contributed by atoms with van der Waals surface area (Å²) in [5.74, 6) is 0. The number of sulfonamides is 1.